The molecule has 0 saturated carbocycles. The third-order valence-electron chi connectivity index (χ3n) is 4.44. The van der Waals surface area contributed by atoms with Gasteiger partial charge in [0.15, 0.2) is 0 Å². The van der Waals surface area contributed by atoms with Gasteiger partial charge >= 0.3 is 0 Å². The van der Waals surface area contributed by atoms with Gasteiger partial charge in [0.05, 0.1) is 22.4 Å². The molecule has 3 nitrogen and oxygen atoms in total. The first-order valence-corrected chi connectivity index (χ1v) is 8.45. The Hall–Kier alpha value is -1.13. The van der Waals surface area contributed by atoms with Crippen LogP contribution in [0.1, 0.15) is 61.5 Å². The highest BCUT2D eigenvalue weighted by Gasteiger charge is 2.30. The zero-order chi connectivity index (χ0) is 15.0. The van der Waals surface area contributed by atoms with Gasteiger partial charge in [-0.25, -0.2) is 0 Å². The number of aryl methyl sites for hydroxylation is 1. The second kappa shape index (κ2) is 5.93. The molecule has 0 spiro atoms. The minimum Gasteiger partial charge on any atom is -0.322 e. The lowest BCUT2D eigenvalue weighted by Crippen LogP contribution is -2.27. The summed E-state index contributed by atoms with van der Waals surface area (Å²) in [6.45, 7) is 4.29. The topological polar surface area (TPSA) is 43.8 Å². The molecule has 1 aromatic carbocycles. The van der Waals surface area contributed by atoms with Gasteiger partial charge in [0.2, 0.25) is 0 Å². The summed E-state index contributed by atoms with van der Waals surface area (Å²) >= 11 is 3.63. The first-order valence-electron chi connectivity index (χ1n) is 7.66. The lowest BCUT2D eigenvalue weighted by molar-refractivity contribution is 0.422. The number of fused-ring (bicyclic) bond motifs is 1. The van der Waals surface area contributed by atoms with Gasteiger partial charge in [0.1, 0.15) is 0 Å². The fourth-order valence-corrected chi connectivity index (χ4v) is 3.97. The van der Waals surface area contributed by atoms with Crippen molar-refractivity contribution < 1.29 is 0 Å². The molecular formula is C17H22BrN3. The molecule has 2 atom stereocenters. The molecule has 112 valence electrons. The van der Waals surface area contributed by atoms with Crippen LogP contribution in [-0.2, 0) is 6.42 Å². The minimum atomic E-state index is -0.0225. The van der Waals surface area contributed by atoms with Gasteiger partial charge in [-0.3, -0.25) is 4.68 Å². The van der Waals surface area contributed by atoms with Gasteiger partial charge < -0.3 is 5.73 Å². The molecule has 3 rings (SSSR count). The van der Waals surface area contributed by atoms with E-state index >= 15 is 0 Å². The highest BCUT2D eigenvalue weighted by atomic mass is 79.9. The molecular weight excluding hydrogens is 326 g/mol. The van der Waals surface area contributed by atoms with E-state index in [9.17, 15) is 0 Å². The molecule has 21 heavy (non-hydrogen) atoms. The lowest BCUT2D eigenvalue weighted by atomic mass is 9.78. The van der Waals surface area contributed by atoms with Crippen LogP contribution < -0.4 is 5.73 Å². The van der Waals surface area contributed by atoms with Crippen molar-refractivity contribution in [1.82, 2.24) is 9.78 Å². The molecule has 1 aromatic heterocycles. The molecule has 0 bridgehead atoms. The van der Waals surface area contributed by atoms with E-state index in [4.69, 9.17) is 5.73 Å². The van der Waals surface area contributed by atoms with Crippen LogP contribution in [0.2, 0.25) is 0 Å². The summed E-state index contributed by atoms with van der Waals surface area (Å²) < 4.78 is 3.07. The largest absolute Gasteiger partial charge is 0.322 e. The Bertz CT molecular complexity index is 633. The van der Waals surface area contributed by atoms with Crippen LogP contribution in [0.3, 0.4) is 0 Å². The standard InChI is InChI=1S/C17H22BrN3/c1-11(2)21-17(15(18)10-20-21)16(19)14-9-5-7-12-6-3-4-8-13(12)14/h3-4,6,8,10-11,14,16H,5,7,9,19H2,1-2H3. The van der Waals surface area contributed by atoms with Gasteiger partial charge in [-0.2, -0.15) is 5.10 Å². The summed E-state index contributed by atoms with van der Waals surface area (Å²) in [5, 5.41) is 4.48. The molecule has 1 heterocycles. The minimum absolute atomic E-state index is 0.0225. The summed E-state index contributed by atoms with van der Waals surface area (Å²) in [7, 11) is 0. The molecule has 0 fully saturated rings. The SMILES string of the molecule is CC(C)n1ncc(Br)c1C(N)C1CCCc2ccccc21. The number of halogens is 1. The molecule has 4 heteroatoms. The average Bonchev–Trinajstić information content (AvgIpc) is 2.88. The van der Waals surface area contributed by atoms with Crippen molar-refractivity contribution in [3.05, 3.63) is 51.8 Å². The van der Waals surface area contributed by atoms with Gasteiger partial charge in [0.25, 0.3) is 0 Å². The van der Waals surface area contributed by atoms with Crippen LogP contribution in [0.4, 0.5) is 0 Å². The second-order valence-electron chi connectivity index (χ2n) is 6.14. The third kappa shape index (κ3) is 2.67. The Balaban J connectivity index is 2.01. The van der Waals surface area contributed by atoms with Gasteiger partial charge in [0, 0.05) is 12.0 Å². The number of hydrogen-bond donors (Lipinski definition) is 1. The predicted octanol–water partition coefficient (Wildman–Crippen LogP) is 4.35. The number of hydrogen-bond acceptors (Lipinski definition) is 2. The van der Waals surface area contributed by atoms with Crippen molar-refractivity contribution in [3.63, 3.8) is 0 Å². The van der Waals surface area contributed by atoms with E-state index in [0.29, 0.717) is 12.0 Å². The first-order chi connectivity index (χ1) is 10.1. The van der Waals surface area contributed by atoms with E-state index in [1.807, 2.05) is 10.9 Å². The quantitative estimate of drug-likeness (QED) is 0.896. The molecule has 0 saturated heterocycles. The number of nitrogens with two attached hydrogens (primary N) is 1. The normalized spacial score (nSPS) is 19.6. The Kier molecular flexibility index (Phi) is 4.18. The van der Waals surface area contributed by atoms with Crippen LogP contribution in [0.5, 0.6) is 0 Å². The Morgan fingerprint density at radius 3 is 2.86 bits per heavy atom. The smallest absolute Gasteiger partial charge is 0.0702 e. The van der Waals surface area contributed by atoms with Crippen LogP contribution >= 0.6 is 15.9 Å². The van der Waals surface area contributed by atoms with E-state index < -0.39 is 0 Å². The maximum absolute atomic E-state index is 6.68. The summed E-state index contributed by atoms with van der Waals surface area (Å²) in [6, 6.07) is 9.02. The van der Waals surface area contributed by atoms with Gasteiger partial charge in [-0.15, -0.1) is 0 Å². The summed E-state index contributed by atoms with van der Waals surface area (Å²) in [5.74, 6) is 0.375. The zero-order valence-corrected chi connectivity index (χ0v) is 14.2. The van der Waals surface area contributed by atoms with Gasteiger partial charge in [-0.05, 0) is 60.2 Å². The molecule has 0 aliphatic heterocycles. The van der Waals surface area contributed by atoms with Crippen LogP contribution in [0.25, 0.3) is 0 Å². The maximum atomic E-state index is 6.68. The summed E-state index contributed by atoms with van der Waals surface area (Å²) in [4.78, 5) is 0. The second-order valence-corrected chi connectivity index (χ2v) is 6.99. The Morgan fingerprint density at radius 2 is 2.10 bits per heavy atom. The summed E-state index contributed by atoms with van der Waals surface area (Å²) in [6.07, 6.45) is 5.39. The lowest BCUT2D eigenvalue weighted by Gasteiger charge is -2.31. The predicted molar refractivity (Wildman–Crippen MR) is 89.4 cm³/mol. The van der Waals surface area contributed by atoms with E-state index in [0.717, 1.165) is 16.6 Å². The van der Waals surface area contributed by atoms with E-state index in [-0.39, 0.29) is 6.04 Å². The van der Waals surface area contributed by atoms with Crippen LogP contribution in [0.15, 0.2) is 34.9 Å². The van der Waals surface area contributed by atoms with Crippen molar-refractivity contribution >= 4 is 15.9 Å². The number of nitrogens with zero attached hydrogens (tertiary/aromatic N) is 2. The molecule has 2 aromatic rings. The highest BCUT2D eigenvalue weighted by Crippen LogP contribution is 2.41. The monoisotopic (exact) mass is 347 g/mol. The molecule has 0 radical (unpaired) electrons. The molecule has 2 unspecified atom stereocenters. The van der Waals surface area contributed by atoms with Gasteiger partial charge in [-0.1, -0.05) is 24.3 Å². The van der Waals surface area contributed by atoms with Crippen LogP contribution in [-0.4, -0.2) is 9.78 Å². The van der Waals surface area contributed by atoms with E-state index in [2.05, 4.69) is 59.1 Å². The molecule has 0 amide bonds. The van der Waals surface area contributed by atoms with Crippen molar-refractivity contribution in [2.45, 2.75) is 51.1 Å². The molecule has 1 aliphatic rings. The zero-order valence-electron chi connectivity index (χ0n) is 12.6. The third-order valence-corrected chi connectivity index (χ3v) is 5.05. The van der Waals surface area contributed by atoms with E-state index in [1.54, 1.807) is 0 Å². The maximum Gasteiger partial charge on any atom is 0.0702 e. The van der Waals surface area contributed by atoms with Crippen molar-refractivity contribution in [1.29, 1.82) is 0 Å². The summed E-state index contributed by atoms with van der Waals surface area (Å²) in [5.41, 5.74) is 10.7. The van der Waals surface area contributed by atoms with Crippen LogP contribution in [0, 0.1) is 0 Å². The number of benzene rings is 1. The molecule has 2 N–H and O–H groups in total. The first kappa shape index (κ1) is 14.8. The fraction of sp³-hybridized carbons (Fsp3) is 0.471. The van der Waals surface area contributed by atoms with Crippen molar-refractivity contribution in [2.75, 3.05) is 0 Å². The number of aromatic nitrogens is 2. The Morgan fingerprint density at radius 1 is 1.33 bits per heavy atom. The average molecular weight is 348 g/mol. The highest BCUT2D eigenvalue weighted by molar-refractivity contribution is 9.10. The van der Waals surface area contributed by atoms with Crippen molar-refractivity contribution in [3.8, 4) is 0 Å². The van der Waals surface area contributed by atoms with Crippen molar-refractivity contribution in [2.24, 2.45) is 5.73 Å². The number of rotatable bonds is 3. The Labute approximate surface area is 134 Å². The fourth-order valence-electron chi connectivity index (χ4n) is 3.43. The molecule has 1 aliphatic carbocycles. The van der Waals surface area contributed by atoms with E-state index in [1.165, 1.54) is 24.0 Å².